The third-order valence-corrected chi connectivity index (χ3v) is 1.88. The molecule has 1 amide bonds. The first-order chi connectivity index (χ1) is 7.72. The van der Waals surface area contributed by atoms with Crippen molar-refractivity contribution in [2.24, 2.45) is 5.73 Å². The summed E-state index contributed by atoms with van der Waals surface area (Å²) in [5, 5.41) is 20.1. The first-order valence-electron chi connectivity index (χ1n) is 4.30. The summed E-state index contributed by atoms with van der Waals surface area (Å²) in [5.41, 5.74) is 5.48. The first-order valence-corrected chi connectivity index (χ1v) is 4.30. The molecule has 0 aliphatic heterocycles. The van der Waals surface area contributed by atoms with Crippen molar-refractivity contribution in [1.29, 1.82) is 5.26 Å². The second-order valence-corrected chi connectivity index (χ2v) is 2.89. The molecule has 2 aromatic heterocycles. The van der Waals surface area contributed by atoms with Crippen LogP contribution in [0.3, 0.4) is 0 Å². The molecule has 0 atom stereocenters. The number of rotatable bonds is 2. The average molecular weight is 214 g/mol. The number of aromatic nitrogens is 4. The third kappa shape index (κ3) is 1.59. The summed E-state index contributed by atoms with van der Waals surface area (Å²) in [4.78, 5) is 10.8. The number of hydrogen-bond acceptors (Lipinski definition) is 5. The van der Waals surface area contributed by atoms with E-state index in [9.17, 15) is 4.79 Å². The van der Waals surface area contributed by atoms with Crippen LogP contribution in [0.4, 0.5) is 0 Å². The third-order valence-electron chi connectivity index (χ3n) is 1.88. The predicted molar refractivity (Wildman–Crippen MR) is 52.4 cm³/mol. The van der Waals surface area contributed by atoms with Gasteiger partial charge in [-0.15, -0.1) is 5.10 Å². The summed E-state index contributed by atoms with van der Waals surface area (Å²) >= 11 is 0. The van der Waals surface area contributed by atoms with Crippen LogP contribution in [0.25, 0.3) is 5.82 Å². The molecule has 0 spiro atoms. The molecule has 0 saturated carbocycles. The van der Waals surface area contributed by atoms with E-state index in [4.69, 9.17) is 11.0 Å². The van der Waals surface area contributed by atoms with E-state index in [1.165, 1.54) is 29.2 Å². The monoisotopic (exact) mass is 214 g/mol. The van der Waals surface area contributed by atoms with Crippen LogP contribution in [0.5, 0.6) is 0 Å². The number of primary amides is 1. The van der Waals surface area contributed by atoms with Crippen molar-refractivity contribution in [2.45, 2.75) is 0 Å². The number of nitriles is 1. The van der Waals surface area contributed by atoms with Crippen molar-refractivity contribution >= 4 is 5.91 Å². The van der Waals surface area contributed by atoms with Gasteiger partial charge in [-0.25, -0.2) is 4.68 Å². The fourth-order valence-electron chi connectivity index (χ4n) is 1.15. The lowest BCUT2D eigenvalue weighted by atomic mass is 10.3. The maximum atomic E-state index is 10.8. The minimum atomic E-state index is -0.638. The zero-order chi connectivity index (χ0) is 11.5. The van der Waals surface area contributed by atoms with Gasteiger partial charge in [0, 0.05) is 6.20 Å². The molecule has 2 rings (SSSR count). The van der Waals surface area contributed by atoms with Gasteiger partial charge in [-0.2, -0.15) is 15.5 Å². The van der Waals surface area contributed by atoms with Crippen LogP contribution in [-0.2, 0) is 0 Å². The molecule has 0 aliphatic rings. The lowest BCUT2D eigenvalue weighted by Gasteiger charge is -1.99. The van der Waals surface area contributed by atoms with E-state index in [-0.39, 0.29) is 11.5 Å². The Balaban J connectivity index is 2.51. The molecule has 0 aromatic carbocycles. The van der Waals surface area contributed by atoms with Crippen LogP contribution in [0.1, 0.15) is 16.1 Å². The summed E-state index contributed by atoms with van der Waals surface area (Å²) in [5.74, 6) is -0.376. The molecule has 2 N–H and O–H groups in total. The van der Waals surface area contributed by atoms with Crippen LogP contribution in [0.15, 0.2) is 24.5 Å². The molecule has 0 unspecified atom stereocenters. The molecule has 16 heavy (non-hydrogen) atoms. The maximum absolute atomic E-state index is 10.8. The van der Waals surface area contributed by atoms with E-state index in [2.05, 4.69) is 15.3 Å². The average Bonchev–Trinajstić information content (AvgIpc) is 2.78. The van der Waals surface area contributed by atoms with Gasteiger partial charge in [-0.3, -0.25) is 4.79 Å². The Kier molecular flexibility index (Phi) is 2.31. The zero-order valence-electron chi connectivity index (χ0n) is 8.03. The molecular weight excluding hydrogens is 208 g/mol. The van der Waals surface area contributed by atoms with Crippen LogP contribution in [-0.4, -0.2) is 25.9 Å². The SMILES string of the molecule is N#Cc1ccnnc1-n1ccc(C(N)=O)n1. The Hall–Kier alpha value is -2.75. The van der Waals surface area contributed by atoms with E-state index >= 15 is 0 Å². The quantitative estimate of drug-likeness (QED) is 0.733. The Morgan fingerprint density at radius 2 is 2.31 bits per heavy atom. The fourth-order valence-corrected chi connectivity index (χ4v) is 1.15. The minimum Gasteiger partial charge on any atom is -0.364 e. The van der Waals surface area contributed by atoms with Gasteiger partial charge in [-0.1, -0.05) is 0 Å². The van der Waals surface area contributed by atoms with Gasteiger partial charge in [0.2, 0.25) is 0 Å². The van der Waals surface area contributed by atoms with Crippen LogP contribution >= 0.6 is 0 Å². The van der Waals surface area contributed by atoms with Crippen molar-refractivity contribution < 1.29 is 4.79 Å². The maximum Gasteiger partial charge on any atom is 0.269 e. The van der Waals surface area contributed by atoms with Crippen molar-refractivity contribution in [1.82, 2.24) is 20.0 Å². The topological polar surface area (TPSA) is 110 Å². The Bertz CT molecular complexity index is 582. The normalized spacial score (nSPS) is 9.69. The van der Waals surface area contributed by atoms with Crippen molar-refractivity contribution in [3.63, 3.8) is 0 Å². The molecule has 0 bridgehead atoms. The van der Waals surface area contributed by atoms with Gasteiger partial charge in [0.1, 0.15) is 17.3 Å². The number of carbonyl (C=O) groups is 1. The Morgan fingerprint density at radius 1 is 1.50 bits per heavy atom. The fraction of sp³-hybridized carbons (Fsp3) is 0. The van der Waals surface area contributed by atoms with Gasteiger partial charge in [0.05, 0.1) is 6.20 Å². The van der Waals surface area contributed by atoms with Gasteiger partial charge in [0.25, 0.3) is 5.91 Å². The van der Waals surface area contributed by atoms with E-state index < -0.39 is 5.91 Å². The standard InChI is InChI=1S/C9H6N6O/c10-5-6-1-3-12-13-9(6)15-4-2-7(14-15)8(11)16/h1-4H,(H2,11,16). The molecule has 7 heteroatoms. The van der Waals surface area contributed by atoms with Gasteiger partial charge in [-0.05, 0) is 12.1 Å². The summed E-state index contributed by atoms with van der Waals surface area (Å²) in [6.07, 6.45) is 2.89. The summed E-state index contributed by atoms with van der Waals surface area (Å²) in [7, 11) is 0. The largest absolute Gasteiger partial charge is 0.364 e. The van der Waals surface area contributed by atoms with Crippen LogP contribution in [0.2, 0.25) is 0 Å². The predicted octanol–water partition coefficient (Wildman–Crippen LogP) is -0.367. The number of hydrogen-bond donors (Lipinski definition) is 1. The molecule has 78 valence electrons. The highest BCUT2D eigenvalue weighted by Gasteiger charge is 2.10. The molecular formula is C9H6N6O. The number of nitrogens with two attached hydrogens (primary N) is 1. The van der Waals surface area contributed by atoms with E-state index in [0.29, 0.717) is 5.56 Å². The van der Waals surface area contributed by atoms with E-state index in [1.54, 1.807) is 0 Å². The number of carbonyl (C=O) groups excluding carboxylic acids is 1. The highest BCUT2D eigenvalue weighted by atomic mass is 16.1. The summed E-state index contributed by atoms with van der Waals surface area (Å²) in [6.45, 7) is 0. The molecule has 2 aromatic rings. The van der Waals surface area contributed by atoms with E-state index in [1.807, 2.05) is 6.07 Å². The molecule has 0 fully saturated rings. The molecule has 2 heterocycles. The lowest BCUT2D eigenvalue weighted by molar-refractivity contribution is 0.0995. The van der Waals surface area contributed by atoms with Crippen LogP contribution < -0.4 is 5.73 Å². The summed E-state index contributed by atoms with van der Waals surface area (Å²) in [6, 6.07) is 4.90. The van der Waals surface area contributed by atoms with Gasteiger partial charge >= 0.3 is 0 Å². The molecule has 0 saturated heterocycles. The highest BCUT2D eigenvalue weighted by molar-refractivity contribution is 5.90. The van der Waals surface area contributed by atoms with Crippen LogP contribution in [0, 0.1) is 11.3 Å². The number of nitrogens with zero attached hydrogens (tertiary/aromatic N) is 5. The molecule has 0 aliphatic carbocycles. The second-order valence-electron chi connectivity index (χ2n) is 2.89. The lowest BCUT2D eigenvalue weighted by Crippen LogP contribution is -2.12. The highest BCUT2D eigenvalue weighted by Crippen LogP contribution is 2.08. The van der Waals surface area contributed by atoms with Crippen molar-refractivity contribution in [3.8, 4) is 11.9 Å². The smallest absolute Gasteiger partial charge is 0.269 e. The van der Waals surface area contributed by atoms with Crippen molar-refractivity contribution in [3.05, 3.63) is 35.8 Å². The van der Waals surface area contributed by atoms with Gasteiger partial charge in [0.15, 0.2) is 5.82 Å². The molecule has 7 nitrogen and oxygen atoms in total. The summed E-state index contributed by atoms with van der Waals surface area (Å²) < 4.78 is 1.28. The van der Waals surface area contributed by atoms with E-state index in [0.717, 1.165) is 0 Å². The second kappa shape index (κ2) is 3.78. The minimum absolute atomic E-state index is 0.106. The number of amides is 1. The first kappa shape index (κ1) is 9.79. The zero-order valence-corrected chi connectivity index (χ0v) is 8.03. The molecule has 0 radical (unpaired) electrons. The van der Waals surface area contributed by atoms with Gasteiger partial charge < -0.3 is 5.73 Å². The Labute approximate surface area is 90.1 Å². The van der Waals surface area contributed by atoms with Crippen molar-refractivity contribution in [2.75, 3.05) is 0 Å². The Morgan fingerprint density at radius 3 is 2.94 bits per heavy atom.